The number of aryl methyl sites for hydroxylation is 1. The van der Waals surface area contributed by atoms with Gasteiger partial charge in [0.05, 0.1) is 6.61 Å². The molecule has 1 N–H and O–H groups in total. The lowest BCUT2D eigenvalue weighted by atomic mass is 10.0. The van der Waals surface area contributed by atoms with Crippen LogP contribution in [0.2, 0.25) is 0 Å². The normalized spacial score (nSPS) is 13.1. The zero-order valence-corrected chi connectivity index (χ0v) is 11.2. The van der Waals surface area contributed by atoms with E-state index in [1.54, 1.807) is 0 Å². The highest BCUT2D eigenvalue weighted by Gasteiger charge is 2.24. The van der Waals surface area contributed by atoms with E-state index in [4.69, 9.17) is 9.26 Å². The van der Waals surface area contributed by atoms with Gasteiger partial charge in [0.15, 0.2) is 5.76 Å². The molecular weight excluding hydrogens is 258 g/mol. The van der Waals surface area contributed by atoms with Crippen molar-refractivity contribution in [2.75, 3.05) is 6.61 Å². The Bertz CT molecular complexity index is 660. The maximum Gasteiger partial charge on any atom is 0.341 e. The molecule has 104 valence electrons. The Morgan fingerprint density at radius 2 is 2.30 bits per heavy atom. The van der Waals surface area contributed by atoms with Crippen LogP contribution in [-0.2, 0) is 12.8 Å². The first-order valence-corrected chi connectivity index (χ1v) is 6.68. The summed E-state index contributed by atoms with van der Waals surface area (Å²) in [5, 5.41) is 13.3. The molecule has 0 fully saturated rings. The Hall–Kier alpha value is -2.30. The molecule has 0 radical (unpaired) electrons. The Morgan fingerprint density at radius 3 is 3.05 bits per heavy atom. The van der Waals surface area contributed by atoms with E-state index in [9.17, 15) is 9.90 Å². The molecule has 2 aromatic rings. The number of carboxylic acid groups (broad SMARTS) is 1. The first-order valence-electron chi connectivity index (χ1n) is 6.68. The van der Waals surface area contributed by atoms with Gasteiger partial charge in [0.2, 0.25) is 0 Å². The molecule has 3 rings (SSSR count). The molecule has 5 heteroatoms. The fourth-order valence-electron chi connectivity index (χ4n) is 2.47. The van der Waals surface area contributed by atoms with Crippen molar-refractivity contribution >= 4 is 5.97 Å². The third-order valence-corrected chi connectivity index (χ3v) is 3.42. The molecule has 0 amide bonds. The smallest absolute Gasteiger partial charge is 0.341 e. The number of nitrogens with zero attached hydrogens (tertiary/aromatic N) is 1. The van der Waals surface area contributed by atoms with Crippen LogP contribution in [0.15, 0.2) is 22.7 Å². The number of carboxylic acids is 1. The molecule has 1 aliphatic heterocycles. The number of carbonyl (C=O) groups is 1. The molecule has 1 aromatic heterocycles. The van der Waals surface area contributed by atoms with Gasteiger partial charge < -0.3 is 14.4 Å². The molecule has 0 aliphatic carbocycles. The Morgan fingerprint density at radius 1 is 1.45 bits per heavy atom. The predicted molar refractivity (Wildman–Crippen MR) is 72.1 cm³/mol. The van der Waals surface area contributed by atoms with Crippen molar-refractivity contribution < 1.29 is 19.2 Å². The van der Waals surface area contributed by atoms with Gasteiger partial charge >= 0.3 is 5.97 Å². The highest BCUT2D eigenvalue weighted by molar-refractivity contribution is 5.95. The summed E-state index contributed by atoms with van der Waals surface area (Å²) in [7, 11) is 0. The number of aromatic nitrogens is 1. The van der Waals surface area contributed by atoms with E-state index >= 15 is 0 Å². The molecule has 1 aromatic carbocycles. The van der Waals surface area contributed by atoms with Gasteiger partial charge in [0, 0.05) is 18.4 Å². The zero-order valence-electron chi connectivity index (χ0n) is 11.2. The third kappa shape index (κ3) is 2.05. The summed E-state index contributed by atoms with van der Waals surface area (Å²) < 4.78 is 10.7. The standard InChI is InChI=1S/C15H15NO4/c1-2-3-12-13(15(17)18)14(16-20-12)10-4-5-11-9(8-10)6-7-19-11/h4-5,8H,2-3,6-7H2,1H3,(H,17,18). The van der Waals surface area contributed by atoms with Crippen LogP contribution < -0.4 is 4.74 Å². The van der Waals surface area contributed by atoms with Gasteiger partial charge in [-0.25, -0.2) is 4.79 Å². The maximum atomic E-state index is 11.5. The van der Waals surface area contributed by atoms with Gasteiger partial charge in [0.25, 0.3) is 0 Å². The Labute approximate surface area is 116 Å². The van der Waals surface area contributed by atoms with Crippen molar-refractivity contribution in [2.24, 2.45) is 0 Å². The molecule has 5 nitrogen and oxygen atoms in total. The summed E-state index contributed by atoms with van der Waals surface area (Å²) in [5.74, 6) is 0.302. The van der Waals surface area contributed by atoms with Crippen molar-refractivity contribution in [1.82, 2.24) is 5.16 Å². The molecule has 20 heavy (non-hydrogen) atoms. The average molecular weight is 273 g/mol. The average Bonchev–Trinajstić information content (AvgIpc) is 3.03. The van der Waals surface area contributed by atoms with Gasteiger partial charge in [-0.1, -0.05) is 12.1 Å². The van der Waals surface area contributed by atoms with Crippen LogP contribution in [0, 0.1) is 0 Å². The SMILES string of the molecule is CCCc1onc(-c2ccc3c(c2)CCO3)c1C(=O)O. The summed E-state index contributed by atoms with van der Waals surface area (Å²) in [4.78, 5) is 11.5. The van der Waals surface area contributed by atoms with Crippen LogP contribution >= 0.6 is 0 Å². The van der Waals surface area contributed by atoms with Gasteiger partial charge in [-0.15, -0.1) is 0 Å². The minimum Gasteiger partial charge on any atom is -0.493 e. The van der Waals surface area contributed by atoms with Gasteiger partial charge in [0.1, 0.15) is 17.0 Å². The molecular formula is C15H15NO4. The van der Waals surface area contributed by atoms with Crippen molar-refractivity contribution in [1.29, 1.82) is 0 Å². The number of hydrogen-bond acceptors (Lipinski definition) is 4. The van der Waals surface area contributed by atoms with Crippen LogP contribution in [-0.4, -0.2) is 22.8 Å². The maximum absolute atomic E-state index is 11.5. The van der Waals surface area contributed by atoms with E-state index in [1.165, 1.54) is 0 Å². The summed E-state index contributed by atoms with van der Waals surface area (Å²) in [6.45, 7) is 2.64. The zero-order chi connectivity index (χ0) is 14.1. The monoisotopic (exact) mass is 273 g/mol. The fraction of sp³-hybridized carbons (Fsp3) is 0.333. The van der Waals surface area contributed by atoms with Gasteiger partial charge in [-0.05, 0) is 30.2 Å². The first-order chi connectivity index (χ1) is 9.70. The van der Waals surface area contributed by atoms with E-state index in [-0.39, 0.29) is 5.56 Å². The molecule has 0 atom stereocenters. The van der Waals surface area contributed by atoms with Crippen LogP contribution in [0.25, 0.3) is 11.3 Å². The lowest BCUT2D eigenvalue weighted by Gasteiger charge is -2.02. The van der Waals surface area contributed by atoms with Crippen molar-refractivity contribution in [3.8, 4) is 17.0 Å². The molecule has 2 heterocycles. The number of rotatable bonds is 4. The summed E-state index contributed by atoms with van der Waals surface area (Å²) in [6.07, 6.45) is 2.22. The molecule has 0 bridgehead atoms. The number of hydrogen-bond donors (Lipinski definition) is 1. The second-order valence-corrected chi connectivity index (χ2v) is 4.81. The Balaban J connectivity index is 2.07. The lowest BCUT2D eigenvalue weighted by molar-refractivity contribution is 0.0695. The molecule has 0 spiro atoms. The highest BCUT2D eigenvalue weighted by atomic mass is 16.5. The quantitative estimate of drug-likeness (QED) is 0.927. The van der Waals surface area contributed by atoms with E-state index in [1.807, 2.05) is 25.1 Å². The molecule has 0 saturated heterocycles. The second kappa shape index (κ2) is 5.00. The predicted octanol–water partition coefficient (Wildman–Crippen LogP) is 2.93. The van der Waals surface area contributed by atoms with Gasteiger partial charge in [-0.3, -0.25) is 0 Å². The van der Waals surface area contributed by atoms with Crippen molar-refractivity contribution in [3.05, 3.63) is 35.1 Å². The summed E-state index contributed by atoms with van der Waals surface area (Å²) in [6, 6.07) is 5.62. The number of benzene rings is 1. The van der Waals surface area contributed by atoms with Crippen LogP contribution in [0.5, 0.6) is 5.75 Å². The number of aromatic carboxylic acids is 1. The molecule has 0 saturated carbocycles. The number of ether oxygens (including phenoxy) is 1. The first kappa shape index (κ1) is 12.7. The topological polar surface area (TPSA) is 72.6 Å². The third-order valence-electron chi connectivity index (χ3n) is 3.42. The summed E-state index contributed by atoms with van der Waals surface area (Å²) >= 11 is 0. The second-order valence-electron chi connectivity index (χ2n) is 4.81. The van der Waals surface area contributed by atoms with E-state index in [2.05, 4.69) is 5.16 Å². The van der Waals surface area contributed by atoms with Gasteiger partial charge in [-0.2, -0.15) is 0 Å². The van der Waals surface area contributed by atoms with E-state index in [0.29, 0.717) is 24.5 Å². The van der Waals surface area contributed by atoms with Crippen molar-refractivity contribution in [3.63, 3.8) is 0 Å². The lowest BCUT2D eigenvalue weighted by Crippen LogP contribution is -2.01. The minimum atomic E-state index is -0.999. The van der Waals surface area contributed by atoms with E-state index < -0.39 is 5.97 Å². The Kier molecular flexibility index (Phi) is 3.18. The van der Waals surface area contributed by atoms with Crippen LogP contribution in [0.1, 0.15) is 35.0 Å². The van der Waals surface area contributed by atoms with Crippen molar-refractivity contribution in [2.45, 2.75) is 26.2 Å². The van der Waals surface area contributed by atoms with E-state index in [0.717, 1.165) is 29.7 Å². The largest absolute Gasteiger partial charge is 0.493 e. The minimum absolute atomic E-state index is 0.172. The fourth-order valence-corrected chi connectivity index (χ4v) is 2.47. The highest BCUT2D eigenvalue weighted by Crippen LogP contribution is 2.32. The molecule has 1 aliphatic rings. The number of fused-ring (bicyclic) bond motifs is 1. The summed E-state index contributed by atoms with van der Waals surface area (Å²) in [5.41, 5.74) is 2.41. The van der Waals surface area contributed by atoms with Crippen LogP contribution in [0.4, 0.5) is 0 Å². The van der Waals surface area contributed by atoms with Crippen LogP contribution in [0.3, 0.4) is 0 Å². The molecule has 0 unspecified atom stereocenters.